The fraction of sp³-hybridized carbons (Fsp3) is 0.375. The highest BCUT2D eigenvalue weighted by atomic mass is 19.1. The smallest absolute Gasteiger partial charge is 0.260 e. The van der Waals surface area contributed by atoms with Crippen LogP contribution in [0.1, 0.15) is 18.4 Å². The second-order valence-corrected chi connectivity index (χ2v) is 8.14. The zero-order valence-electron chi connectivity index (χ0n) is 17.8. The average Bonchev–Trinajstić information content (AvgIpc) is 3.65. The number of amides is 3. The maximum atomic E-state index is 13.0. The van der Waals surface area contributed by atoms with E-state index in [0.29, 0.717) is 37.6 Å². The fourth-order valence-corrected chi connectivity index (χ4v) is 3.58. The molecule has 2 fully saturated rings. The maximum absolute atomic E-state index is 13.0. The number of benzene rings is 2. The second kappa shape index (κ2) is 9.80. The molecule has 0 atom stereocenters. The molecule has 2 aromatic rings. The molecular formula is C24H26FN3O4. The summed E-state index contributed by atoms with van der Waals surface area (Å²) >= 11 is 0. The van der Waals surface area contributed by atoms with Crippen molar-refractivity contribution in [2.24, 2.45) is 5.92 Å². The molecule has 1 aliphatic heterocycles. The second-order valence-electron chi connectivity index (χ2n) is 8.14. The molecule has 0 spiro atoms. The van der Waals surface area contributed by atoms with E-state index in [1.807, 2.05) is 0 Å². The number of nitrogens with one attached hydrogen (secondary N) is 1. The minimum Gasteiger partial charge on any atom is -0.484 e. The molecule has 8 heteroatoms. The Morgan fingerprint density at radius 2 is 1.59 bits per heavy atom. The molecule has 168 valence electrons. The van der Waals surface area contributed by atoms with Gasteiger partial charge in [-0.3, -0.25) is 14.4 Å². The zero-order valence-corrected chi connectivity index (χ0v) is 17.8. The van der Waals surface area contributed by atoms with E-state index in [1.165, 1.54) is 12.1 Å². The zero-order chi connectivity index (χ0) is 22.5. The van der Waals surface area contributed by atoms with Crippen LogP contribution in [-0.4, -0.2) is 60.3 Å². The highest BCUT2D eigenvalue weighted by Gasteiger charge is 2.29. The monoisotopic (exact) mass is 439 g/mol. The van der Waals surface area contributed by atoms with Crippen LogP contribution in [0.3, 0.4) is 0 Å². The minimum atomic E-state index is -0.328. The summed E-state index contributed by atoms with van der Waals surface area (Å²) in [5.41, 5.74) is 1.42. The molecule has 1 N–H and O–H groups in total. The molecule has 1 heterocycles. The van der Waals surface area contributed by atoms with Gasteiger partial charge < -0.3 is 19.9 Å². The van der Waals surface area contributed by atoms with Gasteiger partial charge in [0.25, 0.3) is 5.91 Å². The van der Waals surface area contributed by atoms with Gasteiger partial charge >= 0.3 is 0 Å². The number of carbonyl (C=O) groups is 3. The third-order valence-electron chi connectivity index (χ3n) is 5.67. The molecule has 1 aliphatic carbocycles. The SMILES string of the molecule is O=C(Nc1cccc(OCC(=O)N2CCN(C(=O)Cc3ccc(F)cc3)CC2)c1)C1CC1. The summed E-state index contributed by atoms with van der Waals surface area (Å²) in [5, 5.41) is 2.86. The van der Waals surface area contributed by atoms with Crippen LogP contribution >= 0.6 is 0 Å². The standard InChI is InChI=1S/C24H26FN3O4/c25-19-8-4-17(5-9-19)14-22(29)27-10-12-28(13-11-27)23(30)16-32-21-3-1-2-20(15-21)26-24(31)18-6-7-18/h1-5,8-9,15,18H,6-7,10-14,16H2,(H,26,31). The van der Waals surface area contributed by atoms with Crippen molar-refractivity contribution in [1.82, 2.24) is 9.80 Å². The van der Waals surface area contributed by atoms with Crippen molar-refractivity contribution >= 4 is 23.4 Å². The Kier molecular flexibility index (Phi) is 6.68. The van der Waals surface area contributed by atoms with Crippen LogP contribution in [0.5, 0.6) is 5.75 Å². The van der Waals surface area contributed by atoms with Crippen molar-refractivity contribution in [2.75, 3.05) is 38.1 Å². The van der Waals surface area contributed by atoms with Crippen LogP contribution in [0.25, 0.3) is 0 Å². The van der Waals surface area contributed by atoms with E-state index in [4.69, 9.17) is 4.74 Å². The van der Waals surface area contributed by atoms with E-state index >= 15 is 0 Å². The molecule has 1 saturated carbocycles. The molecule has 2 aliphatic rings. The number of halogens is 1. The number of piperazine rings is 1. The van der Waals surface area contributed by atoms with Crippen molar-refractivity contribution in [2.45, 2.75) is 19.3 Å². The van der Waals surface area contributed by atoms with Gasteiger partial charge in [0.2, 0.25) is 11.8 Å². The van der Waals surface area contributed by atoms with Crippen LogP contribution < -0.4 is 10.1 Å². The summed E-state index contributed by atoms with van der Waals surface area (Å²) < 4.78 is 18.6. The third kappa shape index (κ3) is 5.84. The Balaban J connectivity index is 1.21. The Labute approximate surface area is 186 Å². The molecule has 0 radical (unpaired) electrons. The van der Waals surface area contributed by atoms with E-state index in [9.17, 15) is 18.8 Å². The molecule has 0 unspecified atom stereocenters. The van der Waals surface area contributed by atoms with Crippen LogP contribution in [0.15, 0.2) is 48.5 Å². The lowest BCUT2D eigenvalue weighted by Crippen LogP contribution is -2.52. The Morgan fingerprint density at radius 3 is 2.25 bits per heavy atom. The van der Waals surface area contributed by atoms with Gasteiger partial charge in [-0.15, -0.1) is 0 Å². The number of nitrogens with zero attached hydrogens (tertiary/aromatic N) is 2. The number of ether oxygens (including phenoxy) is 1. The number of rotatable bonds is 7. The summed E-state index contributed by atoms with van der Waals surface area (Å²) in [4.78, 5) is 40.3. The van der Waals surface area contributed by atoms with Gasteiger partial charge in [-0.05, 0) is 42.7 Å². The van der Waals surface area contributed by atoms with Gasteiger partial charge in [-0.2, -0.15) is 0 Å². The number of hydrogen-bond donors (Lipinski definition) is 1. The van der Waals surface area contributed by atoms with Crippen LogP contribution in [0.2, 0.25) is 0 Å². The highest BCUT2D eigenvalue weighted by molar-refractivity contribution is 5.94. The molecule has 2 aromatic carbocycles. The first kappa shape index (κ1) is 21.8. The molecule has 7 nitrogen and oxygen atoms in total. The van der Waals surface area contributed by atoms with Crippen molar-refractivity contribution in [3.05, 3.63) is 59.9 Å². The topological polar surface area (TPSA) is 79.0 Å². The first-order valence-corrected chi connectivity index (χ1v) is 10.8. The predicted molar refractivity (Wildman–Crippen MR) is 117 cm³/mol. The van der Waals surface area contributed by atoms with Crippen molar-refractivity contribution in [3.8, 4) is 5.75 Å². The number of carbonyl (C=O) groups excluding carboxylic acids is 3. The molecule has 1 saturated heterocycles. The lowest BCUT2D eigenvalue weighted by Gasteiger charge is -2.34. The van der Waals surface area contributed by atoms with E-state index in [-0.39, 0.29) is 42.5 Å². The fourth-order valence-electron chi connectivity index (χ4n) is 3.58. The molecule has 0 bridgehead atoms. The molecular weight excluding hydrogens is 413 g/mol. The van der Waals surface area contributed by atoms with Crippen molar-refractivity contribution in [3.63, 3.8) is 0 Å². The van der Waals surface area contributed by atoms with Gasteiger partial charge in [0.05, 0.1) is 6.42 Å². The number of anilines is 1. The minimum absolute atomic E-state index is 0.0186. The Hall–Kier alpha value is -3.42. The quantitative estimate of drug-likeness (QED) is 0.719. The van der Waals surface area contributed by atoms with Gasteiger partial charge in [-0.25, -0.2) is 4.39 Å². The normalized spacial score (nSPS) is 15.9. The van der Waals surface area contributed by atoms with Gasteiger partial charge in [0.15, 0.2) is 6.61 Å². The summed E-state index contributed by atoms with van der Waals surface area (Å²) in [6.45, 7) is 1.68. The van der Waals surface area contributed by atoms with E-state index in [0.717, 1.165) is 18.4 Å². The van der Waals surface area contributed by atoms with Crippen molar-refractivity contribution < 1.29 is 23.5 Å². The Morgan fingerprint density at radius 1 is 0.938 bits per heavy atom. The third-order valence-corrected chi connectivity index (χ3v) is 5.67. The van der Waals surface area contributed by atoms with Gasteiger partial charge in [-0.1, -0.05) is 18.2 Å². The van der Waals surface area contributed by atoms with E-state index in [1.54, 1.807) is 46.2 Å². The predicted octanol–water partition coefficient (Wildman–Crippen LogP) is 2.47. The van der Waals surface area contributed by atoms with Crippen LogP contribution in [0.4, 0.5) is 10.1 Å². The summed E-state index contributed by atoms with van der Waals surface area (Å²) in [5.74, 6) is 0.130. The lowest BCUT2D eigenvalue weighted by atomic mass is 10.1. The maximum Gasteiger partial charge on any atom is 0.260 e. The number of hydrogen-bond acceptors (Lipinski definition) is 4. The van der Waals surface area contributed by atoms with E-state index in [2.05, 4.69) is 5.32 Å². The average molecular weight is 439 g/mol. The van der Waals surface area contributed by atoms with Crippen LogP contribution in [-0.2, 0) is 20.8 Å². The van der Waals surface area contributed by atoms with Crippen molar-refractivity contribution in [1.29, 1.82) is 0 Å². The summed E-state index contributed by atoms with van der Waals surface area (Å²) in [7, 11) is 0. The highest BCUT2D eigenvalue weighted by Crippen LogP contribution is 2.30. The lowest BCUT2D eigenvalue weighted by molar-refractivity contribution is -0.140. The largest absolute Gasteiger partial charge is 0.484 e. The molecule has 32 heavy (non-hydrogen) atoms. The molecule has 4 rings (SSSR count). The Bertz CT molecular complexity index is 983. The first-order valence-electron chi connectivity index (χ1n) is 10.8. The first-order chi connectivity index (χ1) is 15.5. The van der Waals surface area contributed by atoms with Gasteiger partial charge in [0.1, 0.15) is 11.6 Å². The molecule has 3 amide bonds. The summed E-state index contributed by atoms with van der Waals surface area (Å²) in [6.07, 6.45) is 2.08. The van der Waals surface area contributed by atoms with Crippen LogP contribution in [0, 0.1) is 11.7 Å². The molecule has 0 aromatic heterocycles. The summed E-state index contributed by atoms with van der Waals surface area (Å²) in [6, 6.07) is 12.9. The van der Waals surface area contributed by atoms with Gasteiger partial charge in [0, 0.05) is 43.9 Å². The van der Waals surface area contributed by atoms with E-state index < -0.39 is 0 Å².